The third kappa shape index (κ3) is 8.33. The smallest absolute Gasteiger partial charge is 0.264 e. The molecule has 1 atom stereocenters. The molecule has 3 rings (SSSR count). The van der Waals surface area contributed by atoms with E-state index in [0.717, 1.165) is 25.5 Å². The Balaban J connectivity index is 2.11. The number of ether oxygens (including phenoxy) is 1. The number of hydrogen-bond acceptors (Lipinski definition) is 5. The Bertz CT molecular complexity index is 1500. The van der Waals surface area contributed by atoms with Crippen LogP contribution in [0, 0.1) is 13.8 Å². The first kappa shape index (κ1) is 32.1. The van der Waals surface area contributed by atoms with Crippen molar-refractivity contribution in [2.45, 2.75) is 64.6 Å². The van der Waals surface area contributed by atoms with Crippen molar-refractivity contribution < 1.29 is 22.7 Å². The van der Waals surface area contributed by atoms with Gasteiger partial charge in [0.1, 0.15) is 18.3 Å². The van der Waals surface area contributed by atoms with E-state index in [0.29, 0.717) is 5.75 Å². The van der Waals surface area contributed by atoms with Crippen LogP contribution >= 0.6 is 15.9 Å². The second kappa shape index (κ2) is 13.1. The minimum atomic E-state index is -4.21. The van der Waals surface area contributed by atoms with Gasteiger partial charge in [-0.3, -0.25) is 13.9 Å². The number of anilines is 1. The molecule has 3 aromatic carbocycles. The van der Waals surface area contributed by atoms with Crippen LogP contribution in [-0.4, -0.2) is 50.4 Å². The van der Waals surface area contributed by atoms with Crippen LogP contribution in [0.25, 0.3) is 0 Å². The largest absolute Gasteiger partial charge is 0.495 e. The van der Waals surface area contributed by atoms with Crippen LogP contribution in [0.5, 0.6) is 5.75 Å². The van der Waals surface area contributed by atoms with Gasteiger partial charge in [-0.15, -0.1) is 0 Å². The topological polar surface area (TPSA) is 96.0 Å². The molecule has 0 aliphatic rings. The summed E-state index contributed by atoms with van der Waals surface area (Å²) in [6, 6.07) is 18.1. The van der Waals surface area contributed by atoms with E-state index in [1.165, 1.54) is 24.1 Å². The van der Waals surface area contributed by atoms with E-state index < -0.39 is 34.1 Å². The Hall–Kier alpha value is -3.37. The average Bonchev–Trinajstić information content (AvgIpc) is 2.89. The van der Waals surface area contributed by atoms with Crippen LogP contribution in [0.3, 0.4) is 0 Å². The first-order valence-corrected chi connectivity index (χ1v) is 15.5. The summed E-state index contributed by atoms with van der Waals surface area (Å²) in [5.74, 6) is -0.584. The molecule has 0 saturated heterocycles. The Kier molecular flexibility index (Phi) is 10.3. The van der Waals surface area contributed by atoms with Crippen molar-refractivity contribution >= 4 is 43.5 Å². The zero-order chi connectivity index (χ0) is 30.5. The Morgan fingerprint density at radius 2 is 1.61 bits per heavy atom. The van der Waals surface area contributed by atoms with Gasteiger partial charge in [0.15, 0.2) is 0 Å². The number of halogens is 1. The van der Waals surface area contributed by atoms with E-state index in [1.807, 2.05) is 58.9 Å². The summed E-state index contributed by atoms with van der Waals surface area (Å²) in [7, 11) is -2.76. The molecule has 1 N–H and O–H groups in total. The second-order valence-corrected chi connectivity index (χ2v) is 13.8. The van der Waals surface area contributed by atoms with E-state index >= 15 is 0 Å². The predicted molar refractivity (Wildman–Crippen MR) is 165 cm³/mol. The van der Waals surface area contributed by atoms with Gasteiger partial charge in [0.25, 0.3) is 10.0 Å². The van der Waals surface area contributed by atoms with Crippen molar-refractivity contribution in [3.63, 3.8) is 0 Å². The summed E-state index contributed by atoms with van der Waals surface area (Å²) >= 11 is 3.46. The lowest BCUT2D eigenvalue weighted by Crippen LogP contribution is -2.54. The van der Waals surface area contributed by atoms with Crippen molar-refractivity contribution in [3.8, 4) is 5.75 Å². The lowest BCUT2D eigenvalue weighted by atomic mass is 10.1. The van der Waals surface area contributed by atoms with Crippen LogP contribution in [-0.2, 0) is 26.2 Å². The standard InChI is InChI=1S/C31H38BrN3O5S/c1-21-11-14-26(15-12-21)41(38,39)35(27-17-22(2)13-16-28(27)40-7)20-29(36)34(19-24-9-8-10-25(32)18-24)23(3)30(37)33-31(4,5)6/h8-18,23H,19-20H2,1-7H3,(H,33,37)/t23-/m1/s1. The van der Waals surface area contributed by atoms with Gasteiger partial charge in [-0.1, -0.05) is 51.8 Å². The third-order valence-electron chi connectivity index (χ3n) is 6.40. The normalized spacial score (nSPS) is 12.4. The van der Waals surface area contributed by atoms with E-state index in [2.05, 4.69) is 21.2 Å². The minimum absolute atomic E-state index is 0.0384. The second-order valence-electron chi connectivity index (χ2n) is 11.1. The monoisotopic (exact) mass is 643 g/mol. The highest BCUT2D eigenvalue weighted by molar-refractivity contribution is 9.10. The first-order chi connectivity index (χ1) is 19.1. The van der Waals surface area contributed by atoms with Gasteiger partial charge in [0.2, 0.25) is 11.8 Å². The fraction of sp³-hybridized carbons (Fsp3) is 0.355. The zero-order valence-electron chi connectivity index (χ0n) is 24.6. The third-order valence-corrected chi connectivity index (χ3v) is 8.67. The van der Waals surface area contributed by atoms with Gasteiger partial charge in [0.05, 0.1) is 17.7 Å². The quantitative estimate of drug-likeness (QED) is 0.310. The molecule has 0 saturated carbocycles. The van der Waals surface area contributed by atoms with Crippen molar-refractivity contribution in [2.24, 2.45) is 0 Å². The molecular weight excluding hydrogens is 606 g/mol. The lowest BCUT2D eigenvalue weighted by molar-refractivity contribution is -0.140. The molecule has 0 heterocycles. The van der Waals surface area contributed by atoms with Gasteiger partial charge < -0.3 is 15.0 Å². The maximum absolute atomic E-state index is 14.1. The number of hydrogen-bond donors (Lipinski definition) is 1. The van der Waals surface area contributed by atoms with E-state index in [9.17, 15) is 18.0 Å². The number of sulfonamides is 1. The number of methoxy groups -OCH3 is 1. The van der Waals surface area contributed by atoms with Crippen molar-refractivity contribution in [1.29, 1.82) is 0 Å². The van der Waals surface area contributed by atoms with Crippen molar-refractivity contribution in [2.75, 3.05) is 18.0 Å². The summed E-state index contributed by atoms with van der Waals surface area (Å²) in [5.41, 5.74) is 2.19. The van der Waals surface area contributed by atoms with Crippen LogP contribution in [0.1, 0.15) is 44.4 Å². The van der Waals surface area contributed by atoms with Crippen molar-refractivity contribution in [3.05, 3.63) is 87.9 Å². The fourth-order valence-corrected chi connectivity index (χ4v) is 6.10. The van der Waals surface area contributed by atoms with Crippen LogP contribution in [0.15, 0.2) is 76.1 Å². The molecule has 41 heavy (non-hydrogen) atoms. The van der Waals surface area contributed by atoms with E-state index in [-0.39, 0.29) is 23.0 Å². The number of benzene rings is 3. The number of aryl methyl sites for hydroxylation is 2. The van der Waals surface area contributed by atoms with E-state index in [4.69, 9.17) is 4.74 Å². The highest BCUT2D eigenvalue weighted by atomic mass is 79.9. The summed E-state index contributed by atoms with van der Waals surface area (Å²) in [4.78, 5) is 28.8. The SMILES string of the molecule is COc1ccc(C)cc1N(CC(=O)N(Cc1cccc(Br)c1)[C@H](C)C(=O)NC(C)(C)C)S(=O)(=O)c1ccc(C)cc1. The maximum Gasteiger partial charge on any atom is 0.264 e. The molecule has 0 spiro atoms. The number of nitrogens with one attached hydrogen (secondary N) is 1. The molecule has 220 valence electrons. The van der Waals surface area contributed by atoms with E-state index in [1.54, 1.807) is 37.3 Å². The minimum Gasteiger partial charge on any atom is -0.495 e. The fourth-order valence-electron chi connectivity index (χ4n) is 4.23. The number of rotatable bonds is 10. The summed E-state index contributed by atoms with van der Waals surface area (Å²) in [6.07, 6.45) is 0. The van der Waals surface area contributed by atoms with Crippen LogP contribution in [0.4, 0.5) is 5.69 Å². The summed E-state index contributed by atoms with van der Waals surface area (Å²) in [6.45, 7) is 10.5. The molecule has 0 aliphatic heterocycles. The van der Waals surface area contributed by atoms with Crippen LogP contribution < -0.4 is 14.4 Å². The molecule has 0 bridgehead atoms. The van der Waals surface area contributed by atoms with Crippen LogP contribution in [0.2, 0.25) is 0 Å². The summed E-state index contributed by atoms with van der Waals surface area (Å²) in [5, 5.41) is 2.93. The van der Waals surface area contributed by atoms with Gasteiger partial charge in [0, 0.05) is 16.6 Å². The van der Waals surface area contributed by atoms with Gasteiger partial charge in [-0.25, -0.2) is 8.42 Å². The molecule has 8 nitrogen and oxygen atoms in total. The molecular formula is C31H38BrN3O5S. The molecule has 0 radical (unpaired) electrons. The van der Waals surface area contributed by atoms with Gasteiger partial charge in [-0.05, 0) is 89.1 Å². The predicted octanol–water partition coefficient (Wildman–Crippen LogP) is 5.60. The van der Waals surface area contributed by atoms with Crippen molar-refractivity contribution in [1.82, 2.24) is 10.2 Å². The molecule has 2 amide bonds. The lowest BCUT2D eigenvalue weighted by Gasteiger charge is -2.34. The Morgan fingerprint density at radius 3 is 2.20 bits per heavy atom. The molecule has 0 fully saturated rings. The molecule has 0 aliphatic carbocycles. The molecule has 3 aromatic rings. The highest BCUT2D eigenvalue weighted by Crippen LogP contribution is 2.34. The number of carbonyl (C=O) groups excluding carboxylic acids is 2. The molecule has 10 heteroatoms. The van der Waals surface area contributed by atoms with Gasteiger partial charge in [-0.2, -0.15) is 0 Å². The Morgan fingerprint density at radius 1 is 0.976 bits per heavy atom. The number of amides is 2. The Labute approximate surface area is 251 Å². The highest BCUT2D eigenvalue weighted by Gasteiger charge is 2.34. The summed E-state index contributed by atoms with van der Waals surface area (Å²) < 4.78 is 35.6. The maximum atomic E-state index is 14.1. The zero-order valence-corrected chi connectivity index (χ0v) is 27.0. The average molecular weight is 645 g/mol. The number of nitrogens with zero attached hydrogens (tertiary/aromatic N) is 2. The first-order valence-electron chi connectivity index (χ1n) is 13.2. The number of carbonyl (C=O) groups is 2. The van der Waals surface area contributed by atoms with Gasteiger partial charge >= 0.3 is 0 Å². The molecule has 0 unspecified atom stereocenters. The molecule has 0 aromatic heterocycles.